The second-order valence-corrected chi connectivity index (χ2v) is 5.46. The first-order valence-corrected chi connectivity index (χ1v) is 7.15. The number of nitrogens with zero attached hydrogens (tertiary/aromatic N) is 1. The zero-order chi connectivity index (χ0) is 16.6. The van der Waals surface area contributed by atoms with Gasteiger partial charge in [0, 0.05) is 10.4 Å². The molecule has 8 heteroatoms. The van der Waals surface area contributed by atoms with Crippen molar-refractivity contribution in [2.75, 3.05) is 5.32 Å². The molecule has 0 atom stereocenters. The molecule has 0 aliphatic heterocycles. The smallest absolute Gasteiger partial charge is 0.417 e. The van der Waals surface area contributed by atoms with Gasteiger partial charge in [-0.2, -0.15) is 0 Å². The SMILES string of the molecule is O=c1oc2ccccc2c(Nc2cc(Cl)ccc2Cl)c1[N+](=O)[O-]. The van der Waals surface area contributed by atoms with Crippen LogP contribution < -0.4 is 10.9 Å². The lowest BCUT2D eigenvalue weighted by Crippen LogP contribution is -2.10. The van der Waals surface area contributed by atoms with Gasteiger partial charge in [-0.15, -0.1) is 0 Å². The van der Waals surface area contributed by atoms with Crippen LogP contribution in [-0.2, 0) is 0 Å². The Hall–Kier alpha value is -2.57. The Morgan fingerprint density at radius 2 is 1.87 bits per heavy atom. The maximum Gasteiger partial charge on any atom is 0.417 e. The Morgan fingerprint density at radius 1 is 1.13 bits per heavy atom. The van der Waals surface area contributed by atoms with E-state index in [0.717, 1.165) is 0 Å². The summed E-state index contributed by atoms with van der Waals surface area (Å²) in [5, 5.41) is 15.2. The topological polar surface area (TPSA) is 85.4 Å². The minimum atomic E-state index is -1.05. The van der Waals surface area contributed by atoms with Crippen molar-refractivity contribution in [2.24, 2.45) is 0 Å². The minimum Gasteiger partial charge on any atom is -0.418 e. The van der Waals surface area contributed by atoms with E-state index in [-0.39, 0.29) is 11.3 Å². The molecule has 2 aromatic carbocycles. The van der Waals surface area contributed by atoms with Gasteiger partial charge in [0.25, 0.3) is 0 Å². The molecule has 116 valence electrons. The van der Waals surface area contributed by atoms with Gasteiger partial charge in [0.2, 0.25) is 0 Å². The fraction of sp³-hybridized carbons (Fsp3) is 0. The second kappa shape index (κ2) is 5.91. The molecule has 0 amide bonds. The van der Waals surface area contributed by atoms with Crippen LogP contribution >= 0.6 is 23.2 Å². The molecule has 0 bridgehead atoms. The van der Waals surface area contributed by atoms with Crippen LogP contribution in [0.4, 0.5) is 17.1 Å². The molecule has 0 fully saturated rings. The number of rotatable bonds is 3. The molecule has 23 heavy (non-hydrogen) atoms. The summed E-state index contributed by atoms with van der Waals surface area (Å²) in [5.41, 5.74) is -1.16. The highest BCUT2D eigenvalue weighted by atomic mass is 35.5. The third-order valence-electron chi connectivity index (χ3n) is 3.16. The molecule has 0 spiro atoms. The van der Waals surface area contributed by atoms with Gasteiger partial charge in [-0.05, 0) is 30.3 Å². The zero-order valence-electron chi connectivity index (χ0n) is 11.4. The van der Waals surface area contributed by atoms with Crippen LogP contribution in [-0.4, -0.2) is 4.92 Å². The standard InChI is InChI=1S/C15H8Cl2N2O4/c16-8-5-6-10(17)11(7-8)18-13-9-3-1-2-4-12(9)23-15(20)14(13)19(21)22/h1-7,18H. The summed E-state index contributed by atoms with van der Waals surface area (Å²) < 4.78 is 4.99. The molecule has 3 rings (SSSR count). The van der Waals surface area contributed by atoms with Crippen LogP contribution in [0.25, 0.3) is 11.0 Å². The molecule has 0 unspecified atom stereocenters. The third-order valence-corrected chi connectivity index (χ3v) is 3.72. The van der Waals surface area contributed by atoms with Crippen LogP contribution in [0.1, 0.15) is 0 Å². The van der Waals surface area contributed by atoms with Gasteiger partial charge in [-0.25, -0.2) is 4.79 Å². The molecule has 1 N–H and O–H groups in total. The summed E-state index contributed by atoms with van der Waals surface area (Å²) in [5.74, 6) is 0. The first kappa shape index (κ1) is 15.3. The Labute approximate surface area is 139 Å². The Balaban J connectivity index is 2.30. The van der Waals surface area contributed by atoms with Gasteiger partial charge in [-0.3, -0.25) is 10.1 Å². The van der Waals surface area contributed by atoms with Crippen molar-refractivity contribution < 1.29 is 9.34 Å². The zero-order valence-corrected chi connectivity index (χ0v) is 12.9. The van der Waals surface area contributed by atoms with Crippen molar-refractivity contribution in [2.45, 2.75) is 0 Å². The monoisotopic (exact) mass is 350 g/mol. The normalized spacial score (nSPS) is 10.7. The Bertz CT molecular complexity index is 985. The number of nitrogens with one attached hydrogen (secondary N) is 1. The Kier molecular flexibility index (Phi) is 3.94. The average molecular weight is 351 g/mol. The molecule has 1 aromatic heterocycles. The number of nitro groups is 1. The van der Waals surface area contributed by atoms with Gasteiger partial charge < -0.3 is 9.73 Å². The lowest BCUT2D eigenvalue weighted by molar-refractivity contribution is -0.386. The first-order valence-electron chi connectivity index (χ1n) is 6.39. The highest BCUT2D eigenvalue weighted by Crippen LogP contribution is 2.35. The quantitative estimate of drug-likeness (QED) is 0.418. The van der Waals surface area contributed by atoms with Crippen molar-refractivity contribution in [3.05, 3.63) is 73.0 Å². The number of anilines is 2. The molecule has 6 nitrogen and oxygen atoms in total. The van der Waals surface area contributed by atoms with Crippen LogP contribution in [0.5, 0.6) is 0 Å². The van der Waals surface area contributed by atoms with E-state index in [2.05, 4.69) is 5.32 Å². The molecule has 0 saturated carbocycles. The first-order chi connectivity index (χ1) is 11.0. The highest BCUT2D eigenvalue weighted by Gasteiger charge is 2.25. The van der Waals surface area contributed by atoms with E-state index < -0.39 is 16.2 Å². The van der Waals surface area contributed by atoms with E-state index >= 15 is 0 Å². The number of hydrogen-bond acceptors (Lipinski definition) is 5. The third kappa shape index (κ3) is 2.86. The molecule has 0 aliphatic rings. The number of hydrogen-bond donors (Lipinski definition) is 1. The minimum absolute atomic E-state index is 0.00557. The van der Waals surface area contributed by atoms with Crippen LogP contribution in [0.2, 0.25) is 10.0 Å². The van der Waals surface area contributed by atoms with E-state index in [9.17, 15) is 14.9 Å². The average Bonchev–Trinajstić information content (AvgIpc) is 2.50. The van der Waals surface area contributed by atoms with Crippen molar-refractivity contribution in [1.82, 2.24) is 0 Å². The fourth-order valence-electron chi connectivity index (χ4n) is 2.16. The van der Waals surface area contributed by atoms with Gasteiger partial charge in [0.15, 0.2) is 0 Å². The summed E-state index contributed by atoms with van der Waals surface area (Å²) in [4.78, 5) is 22.4. The number of fused-ring (bicyclic) bond motifs is 1. The molecule has 1 heterocycles. The lowest BCUT2D eigenvalue weighted by atomic mass is 10.1. The lowest BCUT2D eigenvalue weighted by Gasteiger charge is -2.11. The van der Waals surface area contributed by atoms with Crippen molar-refractivity contribution in [3.8, 4) is 0 Å². The van der Waals surface area contributed by atoms with Gasteiger partial charge >= 0.3 is 11.3 Å². The summed E-state index contributed by atoms with van der Waals surface area (Å²) in [7, 11) is 0. The predicted molar refractivity (Wildman–Crippen MR) is 88.9 cm³/mol. The molecule has 0 saturated heterocycles. The van der Waals surface area contributed by atoms with Gasteiger partial charge in [0.1, 0.15) is 11.3 Å². The van der Waals surface area contributed by atoms with E-state index in [1.807, 2.05) is 0 Å². The van der Waals surface area contributed by atoms with Crippen LogP contribution in [0.3, 0.4) is 0 Å². The van der Waals surface area contributed by atoms with E-state index in [4.69, 9.17) is 27.6 Å². The largest absolute Gasteiger partial charge is 0.418 e. The molecule has 0 radical (unpaired) electrons. The van der Waals surface area contributed by atoms with Crippen molar-refractivity contribution in [3.63, 3.8) is 0 Å². The molecule has 3 aromatic rings. The van der Waals surface area contributed by atoms with E-state index in [1.54, 1.807) is 36.4 Å². The maximum absolute atomic E-state index is 11.9. The highest BCUT2D eigenvalue weighted by molar-refractivity contribution is 6.35. The van der Waals surface area contributed by atoms with Crippen LogP contribution in [0, 0.1) is 10.1 Å². The number of halogens is 2. The van der Waals surface area contributed by atoms with E-state index in [0.29, 0.717) is 21.1 Å². The summed E-state index contributed by atoms with van der Waals surface area (Å²) in [6, 6.07) is 11.1. The van der Waals surface area contributed by atoms with Gasteiger partial charge in [0.05, 0.1) is 15.6 Å². The molecular weight excluding hydrogens is 343 g/mol. The maximum atomic E-state index is 11.9. The molecule has 0 aliphatic carbocycles. The fourth-order valence-corrected chi connectivity index (χ4v) is 2.50. The Morgan fingerprint density at radius 3 is 2.61 bits per heavy atom. The number of para-hydroxylation sites is 1. The van der Waals surface area contributed by atoms with Crippen molar-refractivity contribution in [1.29, 1.82) is 0 Å². The second-order valence-electron chi connectivity index (χ2n) is 4.62. The predicted octanol–water partition coefficient (Wildman–Crippen LogP) is 4.75. The van der Waals surface area contributed by atoms with Gasteiger partial charge in [-0.1, -0.05) is 35.3 Å². The van der Waals surface area contributed by atoms with Crippen molar-refractivity contribution >= 4 is 51.2 Å². The molecular formula is C15H8Cl2N2O4. The summed E-state index contributed by atoms with van der Waals surface area (Å²) in [6.07, 6.45) is 0. The number of benzene rings is 2. The van der Waals surface area contributed by atoms with Crippen LogP contribution in [0.15, 0.2) is 51.7 Å². The summed E-state index contributed by atoms with van der Waals surface area (Å²) >= 11 is 12.0. The summed E-state index contributed by atoms with van der Waals surface area (Å²) in [6.45, 7) is 0. The van der Waals surface area contributed by atoms with E-state index in [1.165, 1.54) is 6.07 Å².